The topological polar surface area (TPSA) is 71.8 Å². The highest BCUT2D eigenvalue weighted by Gasteiger charge is 2.28. The first-order chi connectivity index (χ1) is 14.1. The highest BCUT2D eigenvalue weighted by atomic mass is 35.5. The second-order valence-corrected chi connectivity index (χ2v) is 8.95. The van der Waals surface area contributed by atoms with Gasteiger partial charge in [0.05, 0.1) is 4.34 Å². The van der Waals surface area contributed by atoms with Crippen LogP contribution in [0.15, 0.2) is 36.7 Å². The lowest BCUT2D eigenvalue weighted by Crippen LogP contribution is -2.35. The van der Waals surface area contributed by atoms with E-state index in [1.54, 1.807) is 23.7 Å². The molecule has 0 radical (unpaired) electrons. The molecule has 3 aromatic rings. The van der Waals surface area contributed by atoms with Gasteiger partial charge >= 0.3 is 0 Å². The summed E-state index contributed by atoms with van der Waals surface area (Å²) in [5.41, 5.74) is 3.85. The molecule has 8 heteroatoms. The summed E-state index contributed by atoms with van der Waals surface area (Å²) in [5.74, 6) is -0.115. The van der Waals surface area contributed by atoms with Gasteiger partial charge in [-0.15, -0.1) is 11.3 Å². The summed E-state index contributed by atoms with van der Waals surface area (Å²) in [5, 5.41) is 11.2. The van der Waals surface area contributed by atoms with Crippen LogP contribution < -0.4 is 10.6 Å². The number of halogens is 1. The highest BCUT2D eigenvalue weighted by Crippen LogP contribution is 2.26. The number of thiophene rings is 1. The van der Waals surface area contributed by atoms with Crippen molar-refractivity contribution in [3.63, 3.8) is 0 Å². The molecule has 2 N–H and O–H groups in total. The Morgan fingerprint density at radius 1 is 1.28 bits per heavy atom. The van der Waals surface area contributed by atoms with Crippen LogP contribution in [-0.2, 0) is 32.5 Å². The van der Waals surface area contributed by atoms with Gasteiger partial charge in [0, 0.05) is 54.2 Å². The maximum Gasteiger partial charge on any atom is 0.272 e. The second-order valence-electron chi connectivity index (χ2n) is 7.15. The monoisotopic (exact) mass is 429 g/mol. The Balaban J connectivity index is 1.45. The summed E-state index contributed by atoms with van der Waals surface area (Å²) in [6.45, 7) is 4.10. The number of carbonyl (C=O) groups excluding carboxylic acids is 1. The van der Waals surface area contributed by atoms with Crippen LogP contribution in [0.3, 0.4) is 0 Å². The van der Waals surface area contributed by atoms with Crippen LogP contribution in [0.1, 0.15) is 45.5 Å². The molecule has 0 bridgehead atoms. The van der Waals surface area contributed by atoms with Gasteiger partial charge in [0.1, 0.15) is 0 Å². The van der Waals surface area contributed by atoms with Crippen molar-refractivity contribution >= 4 is 28.8 Å². The van der Waals surface area contributed by atoms with E-state index in [0.717, 1.165) is 47.8 Å². The molecule has 0 spiro atoms. The van der Waals surface area contributed by atoms with Crippen molar-refractivity contribution in [2.24, 2.45) is 0 Å². The van der Waals surface area contributed by atoms with Crippen molar-refractivity contribution in [2.75, 3.05) is 0 Å². The maximum absolute atomic E-state index is 12.9. The summed E-state index contributed by atoms with van der Waals surface area (Å²) in [4.78, 5) is 18.1. The van der Waals surface area contributed by atoms with Crippen molar-refractivity contribution in [2.45, 2.75) is 51.9 Å². The number of amides is 1. The molecule has 6 nitrogen and oxygen atoms in total. The molecule has 0 saturated carbocycles. The van der Waals surface area contributed by atoms with Gasteiger partial charge in [-0.2, -0.15) is 5.10 Å². The molecule has 3 aromatic heterocycles. The van der Waals surface area contributed by atoms with E-state index in [2.05, 4.69) is 33.7 Å². The van der Waals surface area contributed by atoms with Crippen LogP contribution in [-0.4, -0.2) is 26.7 Å². The minimum atomic E-state index is -0.115. The Morgan fingerprint density at radius 2 is 2.10 bits per heavy atom. The fourth-order valence-corrected chi connectivity index (χ4v) is 4.80. The molecule has 1 atom stereocenters. The van der Waals surface area contributed by atoms with Crippen molar-refractivity contribution in [3.05, 3.63) is 68.4 Å². The Kier molecular flexibility index (Phi) is 6.28. The average Bonchev–Trinajstić information content (AvgIpc) is 3.34. The third-order valence-electron chi connectivity index (χ3n) is 5.26. The van der Waals surface area contributed by atoms with E-state index >= 15 is 0 Å². The number of carbonyl (C=O) groups is 1. The molecular formula is C21H24ClN5OS. The van der Waals surface area contributed by atoms with Crippen molar-refractivity contribution in [1.82, 2.24) is 25.4 Å². The lowest BCUT2D eigenvalue weighted by molar-refractivity contribution is 0.0944. The number of nitrogens with one attached hydrogen (secondary N) is 2. The van der Waals surface area contributed by atoms with Crippen molar-refractivity contribution in [3.8, 4) is 0 Å². The smallest absolute Gasteiger partial charge is 0.272 e. The van der Waals surface area contributed by atoms with Crippen LogP contribution in [0.25, 0.3) is 0 Å². The Hall–Kier alpha value is -2.22. The summed E-state index contributed by atoms with van der Waals surface area (Å²) < 4.78 is 2.79. The predicted molar refractivity (Wildman–Crippen MR) is 115 cm³/mol. The number of fused-ring (bicyclic) bond motifs is 1. The normalized spacial score (nSPS) is 15.9. The highest BCUT2D eigenvalue weighted by molar-refractivity contribution is 7.16. The molecule has 29 heavy (non-hydrogen) atoms. The molecule has 1 aliphatic carbocycles. The maximum atomic E-state index is 12.9. The fraction of sp³-hybridized carbons (Fsp3) is 0.381. The molecule has 1 unspecified atom stereocenters. The van der Waals surface area contributed by atoms with E-state index in [1.807, 2.05) is 22.9 Å². The lowest BCUT2D eigenvalue weighted by atomic mass is 9.91. The van der Waals surface area contributed by atoms with Gasteiger partial charge in [-0.25, -0.2) is 0 Å². The van der Waals surface area contributed by atoms with E-state index < -0.39 is 0 Å². The largest absolute Gasteiger partial charge is 0.347 e. The number of aryl methyl sites for hydroxylation is 1. The van der Waals surface area contributed by atoms with Crippen LogP contribution in [0.2, 0.25) is 4.34 Å². The first-order valence-corrected chi connectivity index (χ1v) is 11.1. The average molecular weight is 430 g/mol. The SMILES string of the molecule is CCn1nc(C(=O)NCc2ccncc2)c2c1CCC(NCc1ccc(Cl)s1)C2. The van der Waals surface area contributed by atoms with Crippen LogP contribution in [0.5, 0.6) is 0 Å². The molecule has 0 saturated heterocycles. The number of hydrogen-bond acceptors (Lipinski definition) is 5. The van der Waals surface area contributed by atoms with Gasteiger partial charge in [-0.3, -0.25) is 14.5 Å². The van der Waals surface area contributed by atoms with E-state index in [0.29, 0.717) is 18.3 Å². The summed E-state index contributed by atoms with van der Waals surface area (Å²) in [6.07, 6.45) is 6.23. The number of hydrogen-bond donors (Lipinski definition) is 2. The molecule has 0 fully saturated rings. The van der Waals surface area contributed by atoms with E-state index in [-0.39, 0.29) is 5.91 Å². The van der Waals surface area contributed by atoms with E-state index in [9.17, 15) is 4.79 Å². The molecule has 152 valence electrons. The van der Waals surface area contributed by atoms with Gasteiger partial charge in [0.25, 0.3) is 5.91 Å². The zero-order valence-corrected chi connectivity index (χ0v) is 17.9. The quantitative estimate of drug-likeness (QED) is 0.602. The third kappa shape index (κ3) is 4.69. The summed E-state index contributed by atoms with van der Waals surface area (Å²) in [7, 11) is 0. The van der Waals surface area contributed by atoms with E-state index in [4.69, 9.17) is 11.6 Å². The van der Waals surface area contributed by atoms with Crippen LogP contribution >= 0.6 is 22.9 Å². The second kappa shape index (κ2) is 9.07. The third-order valence-corrected chi connectivity index (χ3v) is 6.49. The van der Waals surface area contributed by atoms with Gasteiger partial charge < -0.3 is 10.6 Å². The minimum absolute atomic E-state index is 0.115. The zero-order valence-electron chi connectivity index (χ0n) is 16.3. The summed E-state index contributed by atoms with van der Waals surface area (Å²) >= 11 is 7.63. The number of nitrogens with zero attached hydrogens (tertiary/aromatic N) is 3. The lowest BCUT2D eigenvalue weighted by Gasteiger charge is -2.24. The molecule has 0 aliphatic heterocycles. The standard InChI is InChI=1S/C21H24ClN5OS/c1-2-27-18-5-3-15(24-13-16-4-6-19(22)29-16)11-17(18)20(26-27)21(28)25-12-14-7-9-23-10-8-14/h4,6-10,15,24H,2-3,5,11-13H2,1H3,(H,25,28). The van der Waals surface area contributed by atoms with Gasteiger partial charge in [0.2, 0.25) is 0 Å². The van der Waals surface area contributed by atoms with Crippen molar-refractivity contribution < 1.29 is 4.79 Å². The predicted octanol–water partition coefficient (Wildman–Crippen LogP) is 3.59. The van der Waals surface area contributed by atoms with Crippen molar-refractivity contribution in [1.29, 1.82) is 0 Å². The first-order valence-electron chi connectivity index (χ1n) is 9.87. The first kappa shape index (κ1) is 20.1. The number of pyridine rings is 1. The fourth-order valence-electron chi connectivity index (χ4n) is 3.76. The Labute approximate surface area is 179 Å². The molecule has 1 amide bonds. The summed E-state index contributed by atoms with van der Waals surface area (Å²) in [6, 6.07) is 8.11. The number of rotatable bonds is 7. The molecule has 1 aliphatic rings. The van der Waals surface area contributed by atoms with Gasteiger partial charge in [-0.1, -0.05) is 11.6 Å². The molecule has 3 heterocycles. The molecule has 4 rings (SSSR count). The minimum Gasteiger partial charge on any atom is -0.347 e. The Morgan fingerprint density at radius 3 is 2.83 bits per heavy atom. The van der Waals surface area contributed by atoms with Gasteiger partial charge in [0.15, 0.2) is 5.69 Å². The van der Waals surface area contributed by atoms with Gasteiger partial charge in [-0.05, 0) is 56.0 Å². The van der Waals surface area contributed by atoms with Crippen LogP contribution in [0, 0.1) is 0 Å². The number of aromatic nitrogens is 3. The Bertz CT molecular complexity index is 984. The van der Waals surface area contributed by atoms with Crippen LogP contribution in [0.4, 0.5) is 0 Å². The van der Waals surface area contributed by atoms with E-state index in [1.165, 1.54) is 10.6 Å². The zero-order chi connectivity index (χ0) is 20.2. The molecule has 0 aromatic carbocycles. The molecular weight excluding hydrogens is 406 g/mol.